The van der Waals surface area contributed by atoms with Crippen LogP contribution in [0.25, 0.3) is 0 Å². The van der Waals surface area contributed by atoms with Crippen LogP contribution in [-0.2, 0) is 10.2 Å². The monoisotopic (exact) mass is 237 g/mol. The minimum absolute atomic E-state index is 0.142. The van der Waals surface area contributed by atoms with Gasteiger partial charge >= 0.3 is 0 Å². The normalized spacial score (nSPS) is 17.6. The van der Waals surface area contributed by atoms with E-state index in [1.807, 2.05) is 31.2 Å². The molecule has 1 aromatic rings. The molecule has 1 amide bonds. The molecule has 0 spiro atoms. The number of hydrogen-bond acceptors (Lipinski definition) is 1. The quantitative estimate of drug-likeness (QED) is 0.861. The summed E-state index contributed by atoms with van der Waals surface area (Å²) in [6.07, 6.45) is 2.97. The Morgan fingerprint density at radius 2 is 2.25 bits per heavy atom. The van der Waals surface area contributed by atoms with Crippen molar-refractivity contribution in [2.45, 2.75) is 31.6 Å². The van der Waals surface area contributed by atoms with Gasteiger partial charge in [-0.2, -0.15) is 0 Å². The number of likely N-dealkylation sites (N-methyl/N-ethyl adjacent to an activating group) is 1. The molecule has 1 aromatic carbocycles. The summed E-state index contributed by atoms with van der Waals surface area (Å²) in [4.78, 5) is 12.1. The van der Waals surface area contributed by atoms with Gasteiger partial charge in [-0.05, 0) is 37.5 Å². The molecule has 0 aliphatic heterocycles. The van der Waals surface area contributed by atoms with Crippen LogP contribution in [0.5, 0.6) is 0 Å². The summed E-state index contributed by atoms with van der Waals surface area (Å²) >= 11 is 5.98. The molecule has 0 aromatic heterocycles. The third kappa shape index (κ3) is 1.82. The Kier molecular flexibility index (Phi) is 3.20. The molecule has 86 valence electrons. The molecule has 2 nitrogen and oxygen atoms in total. The van der Waals surface area contributed by atoms with Gasteiger partial charge in [-0.1, -0.05) is 30.2 Å². The van der Waals surface area contributed by atoms with Crippen molar-refractivity contribution in [2.24, 2.45) is 0 Å². The van der Waals surface area contributed by atoms with Crippen LogP contribution in [0.4, 0.5) is 0 Å². The van der Waals surface area contributed by atoms with E-state index >= 15 is 0 Å². The van der Waals surface area contributed by atoms with Crippen molar-refractivity contribution in [1.29, 1.82) is 0 Å². The van der Waals surface area contributed by atoms with Crippen LogP contribution in [0.3, 0.4) is 0 Å². The van der Waals surface area contributed by atoms with E-state index < -0.39 is 0 Å². The number of halogens is 1. The van der Waals surface area contributed by atoms with Gasteiger partial charge in [0.1, 0.15) is 0 Å². The summed E-state index contributed by atoms with van der Waals surface area (Å²) in [6.45, 7) is 2.63. The number of rotatable bonds is 3. The maximum absolute atomic E-state index is 12.1. The summed E-state index contributed by atoms with van der Waals surface area (Å²) in [7, 11) is 0. The molecule has 0 heterocycles. The molecule has 2 rings (SSSR count). The highest BCUT2D eigenvalue weighted by Gasteiger charge is 2.45. The lowest BCUT2D eigenvalue weighted by Crippen LogP contribution is -2.49. The van der Waals surface area contributed by atoms with Crippen LogP contribution >= 0.6 is 11.6 Å². The van der Waals surface area contributed by atoms with Gasteiger partial charge in [-0.25, -0.2) is 0 Å². The molecule has 0 radical (unpaired) electrons. The third-order valence-corrected chi connectivity index (χ3v) is 3.59. The van der Waals surface area contributed by atoms with E-state index in [4.69, 9.17) is 11.6 Å². The largest absolute Gasteiger partial charge is 0.356 e. The average molecular weight is 238 g/mol. The molecule has 1 aliphatic rings. The zero-order valence-corrected chi connectivity index (χ0v) is 10.2. The SMILES string of the molecule is CCNC(=O)C1(c2cccc(Cl)c2)CCC1. The van der Waals surface area contributed by atoms with E-state index in [0.29, 0.717) is 11.6 Å². The Hall–Kier alpha value is -1.02. The molecular formula is C13H16ClNO. The third-order valence-electron chi connectivity index (χ3n) is 3.36. The van der Waals surface area contributed by atoms with Crippen molar-refractivity contribution in [2.75, 3.05) is 6.54 Å². The first kappa shape index (κ1) is 11.5. The highest BCUT2D eigenvalue weighted by Crippen LogP contribution is 2.44. The van der Waals surface area contributed by atoms with Gasteiger partial charge in [0.05, 0.1) is 5.41 Å². The van der Waals surface area contributed by atoms with Crippen LogP contribution in [0.15, 0.2) is 24.3 Å². The Morgan fingerprint density at radius 1 is 1.50 bits per heavy atom. The number of hydrogen-bond donors (Lipinski definition) is 1. The Labute approximate surface area is 101 Å². The van der Waals surface area contributed by atoms with E-state index in [2.05, 4.69) is 5.32 Å². The molecule has 3 heteroatoms. The van der Waals surface area contributed by atoms with Gasteiger partial charge in [0.25, 0.3) is 0 Å². The predicted octanol–water partition coefficient (Wildman–Crippen LogP) is 2.90. The first-order valence-corrected chi connectivity index (χ1v) is 6.11. The lowest BCUT2D eigenvalue weighted by atomic mass is 9.64. The van der Waals surface area contributed by atoms with Gasteiger partial charge in [0.2, 0.25) is 5.91 Å². The van der Waals surface area contributed by atoms with Crippen LogP contribution in [0.1, 0.15) is 31.7 Å². The van der Waals surface area contributed by atoms with Crippen LogP contribution in [0.2, 0.25) is 5.02 Å². The van der Waals surface area contributed by atoms with Gasteiger partial charge in [-0.15, -0.1) is 0 Å². The summed E-state index contributed by atoms with van der Waals surface area (Å²) in [6, 6.07) is 7.67. The fourth-order valence-electron chi connectivity index (χ4n) is 2.29. The first-order valence-electron chi connectivity index (χ1n) is 5.73. The molecule has 0 saturated heterocycles. The summed E-state index contributed by atoms with van der Waals surface area (Å²) in [5.74, 6) is 0.142. The highest BCUT2D eigenvalue weighted by atomic mass is 35.5. The van der Waals surface area contributed by atoms with Crippen LogP contribution < -0.4 is 5.32 Å². The van der Waals surface area contributed by atoms with Crippen molar-refractivity contribution >= 4 is 17.5 Å². The van der Waals surface area contributed by atoms with E-state index in [9.17, 15) is 4.79 Å². The molecule has 16 heavy (non-hydrogen) atoms. The number of nitrogens with one attached hydrogen (secondary N) is 1. The van der Waals surface area contributed by atoms with E-state index in [1.54, 1.807) is 0 Å². The zero-order chi connectivity index (χ0) is 11.6. The highest BCUT2D eigenvalue weighted by molar-refractivity contribution is 6.30. The standard InChI is InChI=1S/C13H16ClNO/c1-2-15-12(16)13(7-4-8-13)10-5-3-6-11(14)9-10/h3,5-6,9H,2,4,7-8H2,1H3,(H,15,16). The summed E-state index contributed by atoms with van der Waals surface area (Å²) in [5, 5.41) is 3.63. The maximum Gasteiger partial charge on any atom is 0.230 e. The molecule has 1 N–H and O–H groups in total. The second kappa shape index (κ2) is 4.46. The van der Waals surface area contributed by atoms with Gasteiger partial charge in [-0.3, -0.25) is 4.79 Å². The van der Waals surface area contributed by atoms with E-state index in [1.165, 1.54) is 0 Å². The second-order valence-electron chi connectivity index (χ2n) is 4.31. The molecule has 0 atom stereocenters. The number of carbonyl (C=O) groups is 1. The number of carbonyl (C=O) groups excluding carboxylic acids is 1. The topological polar surface area (TPSA) is 29.1 Å². The maximum atomic E-state index is 12.1. The Bertz CT molecular complexity index is 399. The molecule has 1 aliphatic carbocycles. The average Bonchev–Trinajstić information content (AvgIpc) is 2.16. The summed E-state index contributed by atoms with van der Waals surface area (Å²) < 4.78 is 0. The summed E-state index contributed by atoms with van der Waals surface area (Å²) in [5.41, 5.74) is 0.734. The molecule has 0 bridgehead atoms. The number of benzene rings is 1. The van der Waals surface area contributed by atoms with Gasteiger partial charge < -0.3 is 5.32 Å². The van der Waals surface area contributed by atoms with Crippen molar-refractivity contribution in [3.63, 3.8) is 0 Å². The first-order chi connectivity index (χ1) is 7.69. The minimum Gasteiger partial charge on any atom is -0.356 e. The van der Waals surface area contributed by atoms with Crippen molar-refractivity contribution in [3.05, 3.63) is 34.9 Å². The van der Waals surface area contributed by atoms with Crippen LogP contribution in [-0.4, -0.2) is 12.5 Å². The lowest BCUT2D eigenvalue weighted by molar-refractivity contribution is -0.129. The molecule has 1 fully saturated rings. The Balaban J connectivity index is 2.31. The fourth-order valence-corrected chi connectivity index (χ4v) is 2.48. The number of amides is 1. The molecule has 1 saturated carbocycles. The second-order valence-corrected chi connectivity index (χ2v) is 4.74. The van der Waals surface area contributed by atoms with E-state index in [-0.39, 0.29) is 11.3 Å². The van der Waals surface area contributed by atoms with Crippen LogP contribution in [0, 0.1) is 0 Å². The van der Waals surface area contributed by atoms with Crippen molar-refractivity contribution in [1.82, 2.24) is 5.32 Å². The lowest BCUT2D eigenvalue weighted by Gasteiger charge is -2.40. The van der Waals surface area contributed by atoms with Crippen molar-refractivity contribution in [3.8, 4) is 0 Å². The van der Waals surface area contributed by atoms with E-state index in [0.717, 1.165) is 24.8 Å². The van der Waals surface area contributed by atoms with Crippen molar-refractivity contribution < 1.29 is 4.79 Å². The molecular weight excluding hydrogens is 222 g/mol. The molecule has 0 unspecified atom stereocenters. The fraction of sp³-hybridized carbons (Fsp3) is 0.462. The Morgan fingerprint density at radius 3 is 2.75 bits per heavy atom. The predicted molar refractivity (Wildman–Crippen MR) is 65.7 cm³/mol. The smallest absolute Gasteiger partial charge is 0.230 e. The minimum atomic E-state index is -0.319. The zero-order valence-electron chi connectivity index (χ0n) is 9.42. The van der Waals surface area contributed by atoms with Gasteiger partial charge in [0.15, 0.2) is 0 Å². The van der Waals surface area contributed by atoms with Gasteiger partial charge in [0, 0.05) is 11.6 Å².